The van der Waals surface area contributed by atoms with E-state index in [4.69, 9.17) is 4.74 Å². The second kappa shape index (κ2) is 6.06. The van der Waals surface area contributed by atoms with Gasteiger partial charge in [0.1, 0.15) is 31.8 Å². The summed E-state index contributed by atoms with van der Waals surface area (Å²) in [5, 5.41) is 2.80. The molecule has 2 aliphatic rings. The smallest absolute Gasteiger partial charge is 0.282 e. The molecule has 2 N–H and O–H groups in total. The Hall–Kier alpha value is -1.92. The number of morpholine rings is 1. The largest absolute Gasteiger partial charge is 0.364 e. The number of para-hydroxylation sites is 2. The van der Waals surface area contributed by atoms with Gasteiger partial charge in [0.25, 0.3) is 5.91 Å². The molecule has 6 heteroatoms. The lowest BCUT2D eigenvalue weighted by Gasteiger charge is -2.34. The first-order chi connectivity index (χ1) is 10.5. The van der Waals surface area contributed by atoms with Gasteiger partial charge in [-0.1, -0.05) is 12.1 Å². The average Bonchev–Trinajstić information content (AvgIpc) is 2.45. The number of anilines is 2. The normalized spacial score (nSPS) is 28.0. The van der Waals surface area contributed by atoms with Crippen LogP contribution in [-0.4, -0.2) is 50.2 Å². The molecule has 1 saturated heterocycles. The molecule has 1 unspecified atom stereocenters. The summed E-state index contributed by atoms with van der Waals surface area (Å²) < 4.78 is 5.71. The van der Waals surface area contributed by atoms with Crippen molar-refractivity contribution in [3.8, 4) is 0 Å². The molecule has 1 aromatic carbocycles. The lowest BCUT2D eigenvalue weighted by atomic mass is 10.2. The van der Waals surface area contributed by atoms with Crippen molar-refractivity contribution in [3.05, 3.63) is 24.3 Å². The van der Waals surface area contributed by atoms with Crippen molar-refractivity contribution in [2.75, 3.05) is 36.4 Å². The van der Waals surface area contributed by atoms with Gasteiger partial charge in [0, 0.05) is 0 Å². The Kier molecular flexibility index (Phi) is 4.13. The third-order valence-corrected chi connectivity index (χ3v) is 4.09. The molecule has 118 valence electrons. The molecule has 6 nitrogen and oxygen atoms in total. The lowest BCUT2D eigenvalue weighted by molar-refractivity contribution is -0.907. The third kappa shape index (κ3) is 3.13. The maximum absolute atomic E-state index is 12.7. The molecule has 0 aliphatic carbocycles. The second-order valence-electron chi connectivity index (χ2n) is 6.14. The van der Waals surface area contributed by atoms with E-state index in [9.17, 15) is 9.59 Å². The average molecular weight is 304 g/mol. The number of rotatable bonds is 2. The molecule has 0 spiro atoms. The van der Waals surface area contributed by atoms with Crippen molar-refractivity contribution in [2.24, 2.45) is 0 Å². The first-order valence-electron chi connectivity index (χ1n) is 7.71. The maximum atomic E-state index is 12.7. The van der Waals surface area contributed by atoms with Crippen LogP contribution in [-0.2, 0) is 14.3 Å². The summed E-state index contributed by atoms with van der Waals surface area (Å²) in [6.45, 7) is 6.17. The highest BCUT2D eigenvalue weighted by Gasteiger charge is 2.32. The van der Waals surface area contributed by atoms with Crippen molar-refractivity contribution in [3.63, 3.8) is 0 Å². The van der Waals surface area contributed by atoms with Crippen LogP contribution in [0.25, 0.3) is 0 Å². The molecule has 0 aromatic heterocycles. The maximum Gasteiger partial charge on any atom is 0.282 e. The number of carbonyl (C=O) groups excluding carboxylic acids is 2. The van der Waals surface area contributed by atoms with Gasteiger partial charge in [-0.15, -0.1) is 0 Å². The van der Waals surface area contributed by atoms with Crippen LogP contribution in [0.1, 0.15) is 13.8 Å². The summed E-state index contributed by atoms with van der Waals surface area (Å²) in [6, 6.07) is 7.41. The zero-order chi connectivity index (χ0) is 15.7. The minimum absolute atomic E-state index is 0.0152. The predicted molar refractivity (Wildman–Crippen MR) is 83.0 cm³/mol. The third-order valence-electron chi connectivity index (χ3n) is 4.09. The minimum atomic E-state index is -0.147. The molecular weight excluding hydrogens is 282 g/mol. The fourth-order valence-corrected chi connectivity index (χ4v) is 3.30. The van der Waals surface area contributed by atoms with Gasteiger partial charge in [-0.25, -0.2) is 0 Å². The Balaban J connectivity index is 1.74. The van der Waals surface area contributed by atoms with Gasteiger partial charge in [-0.2, -0.15) is 0 Å². The predicted octanol–water partition coefficient (Wildman–Crippen LogP) is -0.336. The van der Waals surface area contributed by atoms with Crippen molar-refractivity contribution in [1.29, 1.82) is 0 Å². The summed E-state index contributed by atoms with van der Waals surface area (Å²) >= 11 is 0. The van der Waals surface area contributed by atoms with Crippen LogP contribution >= 0.6 is 0 Å². The number of carbonyl (C=O) groups is 2. The number of nitrogens with zero attached hydrogens (tertiary/aromatic N) is 1. The van der Waals surface area contributed by atoms with E-state index in [0.29, 0.717) is 12.2 Å². The van der Waals surface area contributed by atoms with Gasteiger partial charge in [-0.3, -0.25) is 14.5 Å². The topological polar surface area (TPSA) is 63.1 Å². The summed E-state index contributed by atoms with van der Waals surface area (Å²) in [4.78, 5) is 27.3. The van der Waals surface area contributed by atoms with Gasteiger partial charge >= 0.3 is 0 Å². The van der Waals surface area contributed by atoms with Crippen LogP contribution in [0.15, 0.2) is 24.3 Å². The van der Waals surface area contributed by atoms with Crippen LogP contribution in [0.4, 0.5) is 11.4 Å². The number of hydrogen-bond donors (Lipinski definition) is 2. The van der Waals surface area contributed by atoms with Crippen LogP contribution in [0.3, 0.4) is 0 Å². The number of fused-ring (bicyclic) bond motifs is 1. The van der Waals surface area contributed by atoms with E-state index in [1.807, 2.05) is 38.1 Å². The SMILES string of the molecule is C[C@@H]1C[NH+](CC(=O)N2CC(=O)Nc3ccccc32)C[C@H](C)O1. The molecule has 1 aromatic rings. The molecule has 1 fully saturated rings. The van der Waals surface area contributed by atoms with Crippen molar-refractivity contribution in [2.45, 2.75) is 26.1 Å². The Morgan fingerprint density at radius 1 is 1.32 bits per heavy atom. The summed E-state index contributed by atoms with van der Waals surface area (Å²) in [6.07, 6.45) is 0.312. The lowest BCUT2D eigenvalue weighted by Crippen LogP contribution is -3.16. The van der Waals surface area contributed by atoms with Gasteiger partial charge in [0.15, 0.2) is 6.54 Å². The molecule has 3 atom stereocenters. The van der Waals surface area contributed by atoms with Crippen LogP contribution < -0.4 is 15.1 Å². The van der Waals surface area contributed by atoms with E-state index < -0.39 is 0 Å². The zero-order valence-corrected chi connectivity index (χ0v) is 13.0. The highest BCUT2D eigenvalue weighted by molar-refractivity contribution is 6.10. The van der Waals surface area contributed by atoms with Gasteiger partial charge in [0.05, 0.1) is 11.4 Å². The Labute approximate surface area is 130 Å². The highest BCUT2D eigenvalue weighted by atomic mass is 16.5. The van der Waals surface area contributed by atoms with E-state index >= 15 is 0 Å². The molecule has 2 amide bonds. The molecule has 22 heavy (non-hydrogen) atoms. The van der Waals surface area contributed by atoms with E-state index in [0.717, 1.165) is 18.8 Å². The number of benzene rings is 1. The molecule has 2 aliphatic heterocycles. The Bertz CT molecular complexity index is 580. The number of nitrogens with one attached hydrogen (secondary N) is 2. The first-order valence-corrected chi connectivity index (χ1v) is 7.71. The standard InChI is InChI=1S/C16H21N3O3/c1-11-7-18(8-12(2)22-11)10-16(21)19-9-15(20)17-13-5-3-4-6-14(13)19/h3-6,11-12H,7-10H2,1-2H3,(H,17,20)/p+1/t11-,12+. The number of amides is 2. The molecule has 0 bridgehead atoms. The Morgan fingerprint density at radius 3 is 2.73 bits per heavy atom. The Morgan fingerprint density at radius 2 is 2.00 bits per heavy atom. The van der Waals surface area contributed by atoms with E-state index in [2.05, 4.69) is 5.32 Å². The number of ether oxygens (including phenoxy) is 1. The van der Waals surface area contributed by atoms with Gasteiger partial charge < -0.3 is 15.0 Å². The van der Waals surface area contributed by atoms with Crippen molar-refractivity contribution >= 4 is 23.2 Å². The van der Waals surface area contributed by atoms with Crippen molar-refractivity contribution < 1.29 is 19.2 Å². The van der Waals surface area contributed by atoms with Crippen molar-refractivity contribution in [1.82, 2.24) is 0 Å². The number of hydrogen-bond acceptors (Lipinski definition) is 3. The first kappa shape index (κ1) is 15.0. The van der Waals surface area contributed by atoms with E-state index in [-0.39, 0.29) is 30.6 Å². The molecule has 0 radical (unpaired) electrons. The fourth-order valence-electron chi connectivity index (χ4n) is 3.30. The van der Waals surface area contributed by atoms with Gasteiger partial charge in [0.2, 0.25) is 5.91 Å². The quantitative estimate of drug-likeness (QED) is 0.786. The highest BCUT2D eigenvalue weighted by Crippen LogP contribution is 2.28. The summed E-state index contributed by atoms with van der Waals surface area (Å²) in [7, 11) is 0. The molecule has 0 saturated carbocycles. The van der Waals surface area contributed by atoms with E-state index in [1.54, 1.807) is 4.90 Å². The van der Waals surface area contributed by atoms with E-state index in [1.165, 1.54) is 4.90 Å². The van der Waals surface area contributed by atoms with Crippen LogP contribution in [0.2, 0.25) is 0 Å². The monoisotopic (exact) mass is 304 g/mol. The summed E-state index contributed by atoms with van der Waals surface area (Å²) in [5.74, 6) is -0.163. The number of quaternary nitrogens is 1. The second-order valence-corrected chi connectivity index (χ2v) is 6.14. The fraction of sp³-hybridized carbons (Fsp3) is 0.500. The summed E-state index contributed by atoms with van der Waals surface area (Å²) in [5.41, 5.74) is 1.48. The molecule has 3 rings (SSSR count). The zero-order valence-electron chi connectivity index (χ0n) is 13.0. The minimum Gasteiger partial charge on any atom is -0.364 e. The van der Waals surface area contributed by atoms with Gasteiger partial charge in [-0.05, 0) is 26.0 Å². The van der Waals surface area contributed by atoms with Crippen LogP contribution in [0.5, 0.6) is 0 Å². The molecule has 2 heterocycles. The molecular formula is C16H22N3O3+. The van der Waals surface area contributed by atoms with Crippen LogP contribution in [0, 0.1) is 0 Å².